The number of aliphatic carboxylic acids is 1. The number of phosphoric acid groups is 1. The van der Waals surface area contributed by atoms with Gasteiger partial charge in [0.05, 0.1) is 13.2 Å². The van der Waals surface area contributed by atoms with Gasteiger partial charge in [-0.1, -0.05) is 155 Å². The highest BCUT2D eigenvalue weighted by molar-refractivity contribution is 7.47. The van der Waals surface area contributed by atoms with Crippen molar-refractivity contribution >= 4 is 25.7 Å². The summed E-state index contributed by atoms with van der Waals surface area (Å²) in [5.74, 6) is -2.54. The zero-order chi connectivity index (χ0) is 45.6. The van der Waals surface area contributed by atoms with Gasteiger partial charge in [-0.25, -0.2) is 4.57 Å². The molecule has 0 bridgehead atoms. The molecule has 0 aromatic carbocycles. The van der Waals surface area contributed by atoms with Crippen molar-refractivity contribution in [2.45, 2.75) is 167 Å². The third-order valence-electron chi connectivity index (χ3n) is 9.01. The second-order valence-corrected chi connectivity index (χ2v) is 16.3. The van der Waals surface area contributed by atoms with Crippen molar-refractivity contribution < 1.29 is 47.5 Å². The molecule has 0 amide bonds. The fourth-order valence-electron chi connectivity index (χ4n) is 5.38. The van der Waals surface area contributed by atoms with Gasteiger partial charge in [-0.05, 0) is 96.3 Å². The molecule has 0 aliphatic rings. The summed E-state index contributed by atoms with van der Waals surface area (Å²) in [7, 11) is -4.75. The normalized spacial score (nSPS) is 14.6. The van der Waals surface area contributed by atoms with E-state index in [0.29, 0.717) is 19.3 Å². The molecule has 0 saturated carbocycles. The molecule has 11 nitrogen and oxygen atoms in total. The lowest BCUT2D eigenvalue weighted by atomic mass is 10.1. The van der Waals surface area contributed by atoms with Crippen LogP contribution in [-0.4, -0.2) is 59.9 Å². The fraction of sp³-hybridized carbons (Fsp3) is 0.580. The number of rotatable bonds is 41. The van der Waals surface area contributed by atoms with Crippen molar-refractivity contribution in [1.29, 1.82) is 0 Å². The van der Waals surface area contributed by atoms with Crippen LogP contribution in [0.5, 0.6) is 0 Å². The molecular weight excluding hydrogens is 806 g/mol. The summed E-state index contributed by atoms with van der Waals surface area (Å²) < 4.78 is 32.6. The third kappa shape index (κ3) is 42.8. The second kappa shape index (κ2) is 43.8. The minimum absolute atomic E-state index is 0.0236. The highest BCUT2D eigenvalue weighted by atomic mass is 31.2. The van der Waals surface area contributed by atoms with E-state index in [0.717, 1.165) is 64.2 Å². The summed E-state index contributed by atoms with van der Waals surface area (Å²) in [6.45, 7) is 2.62. The lowest BCUT2D eigenvalue weighted by Gasteiger charge is -2.20. The highest BCUT2D eigenvalue weighted by Crippen LogP contribution is 2.43. The zero-order valence-corrected chi connectivity index (χ0v) is 38.8. The van der Waals surface area contributed by atoms with Crippen molar-refractivity contribution in [1.82, 2.24) is 0 Å². The predicted octanol–water partition coefficient (Wildman–Crippen LogP) is 12.6. The first-order valence-corrected chi connectivity index (χ1v) is 24.4. The van der Waals surface area contributed by atoms with Crippen LogP contribution >= 0.6 is 7.82 Å². The molecule has 0 heterocycles. The minimum atomic E-state index is -4.75. The number of carbonyl (C=O) groups is 3. The number of carboxylic acid groups (broad SMARTS) is 1. The molecule has 0 radical (unpaired) electrons. The van der Waals surface area contributed by atoms with Crippen molar-refractivity contribution in [3.05, 3.63) is 109 Å². The Morgan fingerprint density at radius 3 is 1.31 bits per heavy atom. The monoisotopic (exact) mass is 886 g/mol. The molecule has 4 N–H and O–H groups in total. The maximum Gasteiger partial charge on any atom is 0.472 e. The van der Waals surface area contributed by atoms with Crippen LogP contribution in [0.15, 0.2) is 109 Å². The molecule has 350 valence electrons. The molecule has 0 spiro atoms. The average molecular weight is 886 g/mol. The highest BCUT2D eigenvalue weighted by Gasteiger charge is 2.28. The van der Waals surface area contributed by atoms with Gasteiger partial charge in [0.1, 0.15) is 12.6 Å². The van der Waals surface area contributed by atoms with Crippen LogP contribution in [0.2, 0.25) is 0 Å². The van der Waals surface area contributed by atoms with Crippen molar-refractivity contribution in [2.75, 3.05) is 19.8 Å². The van der Waals surface area contributed by atoms with Crippen LogP contribution in [0.3, 0.4) is 0 Å². The number of allylic oxidation sites excluding steroid dienone is 18. The Balaban J connectivity index is 4.55. The number of nitrogens with two attached hydrogens (primary N) is 1. The van der Waals surface area contributed by atoms with E-state index in [1.54, 1.807) is 0 Å². The molecular formula is C50H80NO10P. The first-order valence-electron chi connectivity index (χ1n) is 22.9. The van der Waals surface area contributed by atoms with Crippen molar-refractivity contribution in [3.8, 4) is 0 Å². The molecule has 0 aliphatic carbocycles. The summed E-state index contributed by atoms with van der Waals surface area (Å²) in [5.41, 5.74) is 5.33. The van der Waals surface area contributed by atoms with E-state index in [-0.39, 0.29) is 12.8 Å². The van der Waals surface area contributed by atoms with Gasteiger partial charge in [0, 0.05) is 12.8 Å². The average Bonchev–Trinajstić information content (AvgIpc) is 3.25. The number of carbonyl (C=O) groups excluding carboxylic acids is 2. The van der Waals surface area contributed by atoms with Crippen LogP contribution in [-0.2, 0) is 37.5 Å². The topological polar surface area (TPSA) is 172 Å². The predicted molar refractivity (Wildman–Crippen MR) is 253 cm³/mol. The Kier molecular flexibility index (Phi) is 41.0. The summed E-state index contributed by atoms with van der Waals surface area (Å²) in [6, 6.07) is -1.54. The molecule has 1 unspecified atom stereocenters. The standard InChI is InChI=1S/C50H80NO10P/c1-3-5-7-9-11-13-15-17-19-21-23-25-27-29-31-33-35-37-39-41-48(52)58-43-46(44-59-62(56,57)60-45-47(51)50(54)55)61-49(53)42-40-38-36-34-32-30-28-26-24-22-20-18-16-14-12-10-8-6-4-2/h11-14,17-20,23-26,29-32,36,38,46-47H,3-10,15-16,21-22,27-28,33-35,37,39-45,51H2,1-2H3,(H,54,55)(H,56,57)/b13-11-,14-12-,19-17-,20-18-,25-23-,26-24-,31-29-,32-30-,38-36-/t46-,47+/m1/s1. The van der Waals surface area contributed by atoms with Gasteiger partial charge >= 0.3 is 25.7 Å². The lowest BCUT2D eigenvalue weighted by Crippen LogP contribution is -2.34. The Morgan fingerprint density at radius 1 is 0.500 bits per heavy atom. The molecule has 0 aliphatic heterocycles. The summed E-state index contributed by atoms with van der Waals surface area (Å²) >= 11 is 0. The van der Waals surface area contributed by atoms with E-state index in [4.69, 9.17) is 24.8 Å². The maximum absolute atomic E-state index is 12.6. The molecule has 0 saturated heterocycles. The summed E-state index contributed by atoms with van der Waals surface area (Å²) in [5, 5.41) is 8.90. The van der Waals surface area contributed by atoms with E-state index in [1.807, 2.05) is 18.2 Å². The van der Waals surface area contributed by atoms with E-state index in [1.165, 1.54) is 44.9 Å². The van der Waals surface area contributed by atoms with Gasteiger partial charge in [-0.2, -0.15) is 0 Å². The maximum atomic E-state index is 12.6. The fourth-order valence-corrected chi connectivity index (χ4v) is 6.16. The van der Waals surface area contributed by atoms with E-state index >= 15 is 0 Å². The molecule has 0 rings (SSSR count). The zero-order valence-electron chi connectivity index (χ0n) is 37.9. The van der Waals surface area contributed by atoms with Gasteiger partial charge < -0.3 is 25.2 Å². The Morgan fingerprint density at radius 2 is 0.887 bits per heavy atom. The number of ether oxygens (including phenoxy) is 2. The van der Waals surface area contributed by atoms with E-state index < -0.39 is 57.7 Å². The summed E-state index contributed by atoms with van der Waals surface area (Å²) in [6.07, 6.45) is 57.3. The van der Waals surface area contributed by atoms with E-state index in [9.17, 15) is 23.8 Å². The van der Waals surface area contributed by atoms with Crippen LogP contribution in [0.1, 0.15) is 155 Å². The lowest BCUT2D eigenvalue weighted by molar-refractivity contribution is -0.161. The van der Waals surface area contributed by atoms with Crippen LogP contribution in [0, 0.1) is 0 Å². The van der Waals surface area contributed by atoms with Crippen LogP contribution in [0.25, 0.3) is 0 Å². The Bertz CT molecular complexity index is 1460. The number of hydrogen-bond acceptors (Lipinski definition) is 9. The quantitative estimate of drug-likeness (QED) is 0.0231. The van der Waals surface area contributed by atoms with Crippen molar-refractivity contribution in [2.24, 2.45) is 5.73 Å². The number of carboxylic acids is 1. The largest absolute Gasteiger partial charge is 0.480 e. The molecule has 12 heteroatoms. The molecule has 0 aromatic heterocycles. The smallest absolute Gasteiger partial charge is 0.472 e. The Labute approximate surface area is 374 Å². The third-order valence-corrected chi connectivity index (χ3v) is 9.96. The first-order chi connectivity index (χ1) is 30.1. The summed E-state index contributed by atoms with van der Waals surface area (Å²) in [4.78, 5) is 46.0. The second-order valence-electron chi connectivity index (χ2n) is 14.8. The van der Waals surface area contributed by atoms with Gasteiger partial charge in [-0.15, -0.1) is 0 Å². The number of phosphoric ester groups is 1. The molecule has 62 heavy (non-hydrogen) atoms. The van der Waals surface area contributed by atoms with Gasteiger partial charge in [-0.3, -0.25) is 23.4 Å². The van der Waals surface area contributed by atoms with Gasteiger partial charge in [0.15, 0.2) is 6.10 Å². The van der Waals surface area contributed by atoms with Crippen LogP contribution < -0.4 is 5.73 Å². The first kappa shape index (κ1) is 58.1. The number of hydrogen-bond donors (Lipinski definition) is 3. The minimum Gasteiger partial charge on any atom is -0.480 e. The van der Waals surface area contributed by atoms with Crippen molar-refractivity contribution in [3.63, 3.8) is 0 Å². The number of unbranched alkanes of at least 4 members (excludes halogenated alkanes) is 9. The van der Waals surface area contributed by atoms with E-state index in [2.05, 4.69) is 110 Å². The molecule has 0 fully saturated rings. The number of esters is 2. The Hall–Kier alpha value is -3.86. The molecule has 0 aromatic rings. The van der Waals surface area contributed by atoms with Gasteiger partial charge in [0.2, 0.25) is 0 Å². The van der Waals surface area contributed by atoms with Crippen LogP contribution in [0.4, 0.5) is 0 Å². The molecule has 3 atom stereocenters. The van der Waals surface area contributed by atoms with Gasteiger partial charge in [0.25, 0.3) is 0 Å². The SMILES string of the molecule is CCCCC/C=C\C/C=C\C/C=C\C/C=C\C/C=C\CCC(=O)O[C@H](COC(=O)CCCCC/C=C\C/C=C\C/C=C\C/C=C\CCCCC)COP(=O)(O)OC[C@H](N)C(=O)O.